The SMILES string of the molecule is CN(CC[S-])CC[S-].O=C(c1ccc(F)cc1)C1CCN(CCCCC[S-])CC1.[O-2].[Tc+5]. The molecule has 0 saturated carbocycles. The average Bonchev–Trinajstić information content (AvgIpc) is 2.73. The van der Waals surface area contributed by atoms with E-state index in [0.29, 0.717) is 5.56 Å². The van der Waals surface area contributed by atoms with E-state index in [4.69, 9.17) is 37.9 Å². The minimum atomic E-state index is -0.291. The minimum Gasteiger partial charge on any atom is -2.00 e. The van der Waals surface area contributed by atoms with Crippen molar-refractivity contribution in [3.05, 3.63) is 35.6 Å². The molecule has 2 rings (SSSR count). The van der Waals surface area contributed by atoms with Crippen molar-refractivity contribution in [2.45, 2.75) is 32.1 Å². The van der Waals surface area contributed by atoms with Gasteiger partial charge in [-0.3, -0.25) is 4.79 Å². The van der Waals surface area contributed by atoms with Crippen molar-refractivity contribution in [3.8, 4) is 0 Å². The van der Waals surface area contributed by atoms with Gasteiger partial charge in [-0.15, -0.1) is 0 Å². The Morgan fingerprint density at radius 3 is 2.03 bits per heavy atom. The summed E-state index contributed by atoms with van der Waals surface area (Å²) in [7, 11) is 2.04. The molecule has 1 aromatic rings. The van der Waals surface area contributed by atoms with E-state index >= 15 is 0 Å². The van der Waals surface area contributed by atoms with E-state index in [2.05, 4.69) is 9.80 Å². The van der Waals surface area contributed by atoms with Gasteiger partial charge < -0.3 is 53.2 Å². The standard InChI is InChI=1S/C17H24FNOS.C5H13NS2.O.Tc/c18-16-6-4-14(5-7-16)17(20)15-8-11-19(12-9-15)10-2-1-3-13-21;1-6(2-4-7)3-5-8;;/h4-7,15,21H,1-3,8-13H2;7-8H,2-5H2,1H3;;/q;;-2;+5/p-3. The van der Waals surface area contributed by atoms with Gasteiger partial charge in [-0.05, 0) is 83.3 Å². The maximum Gasteiger partial charge on any atom is 5.00 e. The third-order valence-corrected chi connectivity index (χ3v) is 5.81. The van der Waals surface area contributed by atoms with Crippen molar-refractivity contribution in [2.75, 3.05) is 57.0 Å². The second kappa shape index (κ2) is 21.0. The molecule has 1 aliphatic heterocycles. The number of hydrogen-bond donors (Lipinski definition) is 0. The number of carbonyl (C=O) groups excluding carboxylic acids is 1. The van der Waals surface area contributed by atoms with E-state index in [1.54, 1.807) is 12.1 Å². The molecule has 0 spiro atoms. The molecule has 9 heteroatoms. The second-order valence-corrected chi connectivity index (χ2v) is 8.69. The topological polar surface area (TPSA) is 52.1 Å². The molecule has 0 aromatic heterocycles. The Hall–Kier alpha value is 0.399. The van der Waals surface area contributed by atoms with Gasteiger partial charge in [0.1, 0.15) is 5.82 Å². The summed E-state index contributed by atoms with van der Waals surface area (Å²) in [5, 5.41) is 0. The van der Waals surface area contributed by atoms with Gasteiger partial charge in [-0.1, -0.05) is 12.8 Å². The molecule has 1 fully saturated rings. The predicted octanol–water partition coefficient (Wildman–Crippen LogP) is 3.33. The van der Waals surface area contributed by atoms with Gasteiger partial charge in [0, 0.05) is 11.5 Å². The van der Waals surface area contributed by atoms with Crippen LogP contribution in [0.5, 0.6) is 0 Å². The summed E-state index contributed by atoms with van der Waals surface area (Å²) in [5.41, 5.74) is 0.639. The van der Waals surface area contributed by atoms with Crippen LogP contribution >= 0.6 is 0 Å². The largest absolute Gasteiger partial charge is 5.00 e. The van der Waals surface area contributed by atoms with E-state index in [1.165, 1.54) is 25.0 Å². The first-order valence-corrected chi connectivity index (χ1v) is 12.2. The summed E-state index contributed by atoms with van der Waals surface area (Å²) in [6.07, 6.45) is 5.37. The van der Waals surface area contributed by atoms with Gasteiger partial charge in [0.15, 0.2) is 5.78 Å². The fourth-order valence-electron chi connectivity index (χ4n) is 3.31. The van der Waals surface area contributed by atoms with Crippen LogP contribution in [0.15, 0.2) is 24.3 Å². The quantitative estimate of drug-likeness (QED) is 0.231. The Morgan fingerprint density at radius 1 is 1.00 bits per heavy atom. The van der Waals surface area contributed by atoms with Crippen LogP contribution in [-0.4, -0.2) is 72.6 Å². The van der Waals surface area contributed by atoms with Crippen LogP contribution in [0.25, 0.3) is 0 Å². The van der Waals surface area contributed by atoms with E-state index in [9.17, 15) is 9.18 Å². The molecule has 4 nitrogen and oxygen atoms in total. The molecule has 1 aromatic carbocycles. The number of hydrogen-bond acceptors (Lipinski definition) is 6. The third kappa shape index (κ3) is 15.0. The van der Waals surface area contributed by atoms with Crippen LogP contribution in [0.2, 0.25) is 0 Å². The number of rotatable bonds is 11. The van der Waals surface area contributed by atoms with Crippen LogP contribution < -0.4 is 0 Å². The van der Waals surface area contributed by atoms with Gasteiger partial charge in [0.25, 0.3) is 0 Å². The van der Waals surface area contributed by atoms with Crippen molar-refractivity contribution in [3.63, 3.8) is 0 Å². The van der Waals surface area contributed by atoms with Crippen molar-refractivity contribution in [2.24, 2.45) is 5.92 Å². The third-order valence-electron chi connectivity index (χ3n) is 5.15. The minimum absolute atomic E-state index is 0. The van der Waals surface area contributed by atoms with Gasteiger partial charge in [-0.2, -0.15) is 17.3 Å². The molecule has 1 aliphatic rings. The molecule has 1 heterocycles. The molecule has 31 heavy (non-hydrogen) atoms. The van der Waals surface area contributed by atoms with Crippen molar-refractivity contribution in [1.29, 1.82) is 0 Å². The Kier molecular flexibility index (Phi) is 22.7. The molecule has 0 bridgehead atoms. The van der Waals surface area contributed by atoms with Gasteiger partial charge >= 0.3 is 20.1 Å². The fraction of sp³-hybridized carbons (Fsp3) is 0.682. The number of piperidine rings is 1. The molecule has 1 saturated heterocycles. The maximum atomic E-state index is 12.9. The normalized spacial score (nSPS) is 14.3. The zero-order valence-corrected chi connectivity index (χ0v) is 22.6. The van der Waals surface area contributed by atoms with Gasteiger partial charge in [-0.25, -0.2) is 4.39 Å². The molecule has 0 amide bonds. The van der Waals surface area contributed by atoms with Crippen LogP contribution in [0.4, 0.5) is 4.39 Å². The summed E-state index contributed by atoms with van der Waals surface area (Å²) in [6.45, 7) is 5.09. The zero-order chi connectivity index (χ0) is 21.5. The Labute approximate surface area is 218 Å². The monoisotopic (exact) mass is 570 g/mol. The number of benzene rings is 1. The summed E-state index contributed by atoms with van der Waals surface area (Å²) >= 11 is 14.5. The van der Waals surface area contributed by atoms with Crippen molar-refractivity contribution >= 4 is 43.7 Å². The van der Waals surface area contributed by atoms with Crippen LogP contribution in [0.1, 0.15) is 42.5 Å². The first-order chi connectivity index (χ1) is 14.0. The summed E-state index contributed by atoms with van der Waals surface area (Å²) in [4.78, 5) is 17.0. The molecular weight excluding hydrogens is 537 g/mol. The van der Waals surface area contributed by atoms with E-state index in [0.717, 1.165) is 69.2 Å². The zero-order valence-electron chi connectivity index (χ0n) is 18.3. The predicted molar refractivity (Wildman–Crippen MR) is 129 cm³/mol. The van der Waals surface area contributed by atoms with Crippen molar-refractivity contribution in [1.82, 2.24) is 9.80 Å². The molecule has 0 atom stereocenters. The number of unbranched alkanes of at least 4 members (excludes halogenated alkanes) is 2. The van der Waals surface area contributed by atoms with Gasteiger partial charge in [0.05, 0.1) is 0 Å². The average molecular weight is 572 g/mol. The first kappa shape index (κ1) is 33.6. The maximum absolute atomic E-state index is 12.9. The van der Waals surface area contributed by atoms with Crippen LogP contribution in [0.3, 0.4) is 0 Å². The Balaban J connectivity index is 0. The summed E-state index contributed by atoms with van der Waals surface area (Å²) < 4.78 is 12.9. The van der Waals surface area contributed by atoms with E-state index in [1.807, 2.05) is 7.05 Å². The fourth-order valence-corrected chi connectivity index (χ4v) is 4.13. The number of ketones is 1. The number of carbonyl (C=O) groups is 1. The number of Topliss-reactive ketones (excluding diaryl/α,β-unsaturated/α-hetero) is 1. The summed E-state index contributed by atoms with van der Waals surface area (Å²) in [6, 6.07) is 5.92. The van der Waals surface area contributed by atoms with Crippen LogP contribution in [-0.2, 0) is 63.5 Å². The number of halogens is 1. The summed E-state index contributed by atoms with van der Waals surface area (Å²) in [5.74, 6) is 2.45. The smallest absolute Gasteiger partial charge is 2.00 e. The first-order valence-electron chi connectivity index (χ1n) is 10.5. The van der Waals surface area contributed by atoms with Gasteiger partial charge in [0.2, 0.25) is 0 Å². The van der Waals surface area contributed by atoms with E-state index < -0.39 is 0 Å². The van der Waals surface area contributed by atoms with E-state index in [-0.39, 0.29) is 43.1 Å². The van der Waals surface area contributed by atoms with Crippen molar-refractivity contribution < 1.29 is 34.8 Å². The Bertz CT molecular complexity index is 556. The molecule has 0 unspecified atom stereocenters. The number of likely N-dealkylation sites (tertiary alicyclic amines) is 1. The Morgan fingerprint density at radius 2 is 1.55 bits per heavy atom. The molecule has 0 radical (unpaired) electrons. The molecule has 0 N–H and O–H groups in total. The molecule has 0 aliphatic carbocycles. The number of nitrogens with zero attached hydrogens (tertiary/aromatic N) is 2. The second-order valence-electron chi connectivity index (χ2n) is 7.46. The van der Waals surface area contributed by atoms with Crippen LogP contribution in [0, 0.1) is 11.7 Å². The molecular formula is C22H34FN2O2S3Tc. The molecule has 176 valence electrons.